The number of hydrogen-bond acceptors (Lipinski definition) is 0. The Kier molecular flexibility index (Phi) is 5.69. The molecule has 3 aromatic rings. The Morgan fingerprint density at radius 2 is 1.75 bits per heavy atom. The summed E-state index contributed by atoms with van der Waals surface area (Å²) in [5, 5.41) is 2.61. The minimum Gasteiger partial charge on any atom is -1.00 e. The van der Waals surface area contributed by atoms with Gasteiger partial charge in [0.05, 0.1) is 7.05 Å². The zero-order valence-corrected chi connectivity index (χ0v) is 17.3. The van der Waals surface area contributed by atoms with E-state index >= 15 is 0 Å². The lowest BCUT2D eigenvalue weighted by Gasteiger charge is -2.02. The SMILES string of the molecule is C[n+]1cn(Cc2ccc3ccccc3c2)c(I)c1I.[I-]. The maximum absolute atomic E-state index is 2.41. The van der Waals surface area contributed by atoms with Gasteiger partial charge in [0.2, 0.25) is 13.7 Å². The highest BCUT2D eigenvalue weighted by molar-refractivity contribution is 14.1. The minimum atomic E-state index is 0. The van der Waals surface area contributed by atoms with E-state index in [1.807, 2.05) is 0 Å². The van der Waals surface area contributed by atoms with Gasteiger partial charge in [0.15, 0.2) is 0 Å². The highest BCUT2D eigenvalue weighted by Gasteiger charge is 2.16. The van der Waals surface area contributed by atoms with Crippen LogP contribution in [-0.4, -0.2) is 4.57 Å². The van der Waals surface area contributed by atoms with E-state index in [-0.39, 0.29) is 24.0 Å². The van der Waals surface area contributed by atoms with Crippen LogP contribution in [0.1, 0.15) is 5.56 Å². The summed E-state index contributed by atoms with van der Waals surface area (Å²) in [7, 11) is 2.08. The first-order valence-electron chi connectivity index (χ1n) is 6.02. The van der Waals surface area contributed by atoms with Gasteiger partial charge in [-0.25, -0.2) is 9.13 Å². The van der Waals surface area contributed by atoms with Crippen molar-refractivity contribution in [3.63, 3.8) is 0 Å². The summed E-state index contributed by atoms with van der Waals surface area (Å²) in [6, 6.07) is 15.2. The summed E-state index contributed by atoms with van der Waals surface area (Å²) in [4.78, 5) is 0. The third kappa shape index (κ3) is 3.29. The molecule has 0 saturated carbocycles. The van der Waals surface area contributed by atoms with Gasteiger partial charge in [0, 0.05) is 45.2 Å². The van der Waals surface area contributed by atoms with Crippen molar-refractivity contribution in [3.05, 3.63) is 61.8 Å². The van der Waals surface area contributed by atoms with Gasteiger partial charge in [0.25, 0.3) is 0 Å². The summed E-state index contributed by atoms with van der Waals surface area (Å²) in [5.41, 5.74) is 1.34. The molecule has 0 radical (unpaired) electrons. The van der Waals surface area contributed by atoms with Gasteiger partial charge in [-0.05, 0) is 22.4 Å². The first-order chi connectivity index (χ1) is 9.15. The van der Waals surface area contributed by atoms with Crippen LogP contribution in [0.25, 0.3) is 10.8 Å². The summed E-state index contributed by atoms with van der Waals surface area (Å²) < 4.78 is 7.00. The van der Waals surface area contributed by atoms with Crippen LogP contribution in [0.15, 0.2) is 48.8 Å². The smallest absolute Gasteiger partial charge is 0.245 e. The van der Waals surface area contributed by atoms with Crippen molar-refractivity contribution in [1.29, 1.82) is 0 Å². The summed E-state index contributed by atoms with van der Waals surface area (Å²) >= 11 is 4.79. The molecule has 5 heteroatoms. The second-order valence-corrected chi connectivity index (χ2v) is 6.66. The summed E-state index contributed by atoms with van der Waals surface area (Å²) in [6.07, 6.45) is 2.15. The fourth-order valence-electron chi connectivity index (χ4n) is 2.22. The molecule has 20 heavy (non-hydrogen) atoms. The lowest BCUT2D eigenvalue weighted by molar-refractivity contribution is -0.683. The van der Waals surface area contributed by atoms with Gasteiger partial charge in [0.1, 0.15) is 6.54 Å². The number of fused-ring (bicyclic) bond motifs is 1. The first-order valence-corrected chi connectivity index (χ1v) is 8.18. The molecule has 2 nitrogen and oxygen atoms in total. The van der Waals surface area contributed by atoms with E-state index in [1.165, 1.54) is 23.7 Å². The van der Waals surface area contributed by atoms with E-state index in [0.717, 1.165) is 6.54 Å². The van der Waals surface area contributed by atoms with Crippen LogP contribution in [0.5, 0.6) is 0 Å². The molecule has 2 aromatic carbocycles. The van der Waals surface area contributed by atoms with Crippen molar-refractivity contribution < 1.29 is 28.5 Å². The molecule has 0 atom stereocenters. The second-order valence-electron chi connectivity index (χ2n) is 4.62. The van der Waals surface area contributed by atoms with E-state index in [4.69, 9.17) is 0 Å². The third-order valence-electron chi connectivity index (χ3n) is 3.21. The van der Waals surface area contributed by atoms with E-state index in [9.17, 15) is 0 Å². The molecule has 1 heterocycles. The molecule has 0 saturated heterocycles. The predicted octanol–water partition coefficient (Wildman–Crippen LogP) is 0.727. The Bertz CT molecular complexity index is 750. The van der Waals surface area contributed by atoms with Gasteiger partial charge in [-0.15, -0.1) is 0 Å². The maximum Gasteiger partial charge on any atom is 0.245 e. The average molecular weight is 602 g/mol. The molecule has 0 bridgehead atoms. The number of imidazole rings is 1. The fourth-order valence-corrected chi connectivity index (χ4v) is 3.33. The summed E-state index contributed by atoms with van der Waals surface area (Å²) in [5.74, 6) is 0. The molecule has 1 aromatic heterocycles. The highest BCUT2D eigenvalue weighted by Crippen LogP contribution is 2.18. The Morgan fingerprint density at radius 1 is 1.05 bits per heavy atom. The number of nitrogens with zero attached hydrogens (tertiary/aromatic N) is 2. The molecule has 0 aliphatic rings. The van der Waals surface area contributed by atoms with E-state index in [2.05, 4.69) is 110 Å². The standard InChI is InChI=1S/C15H13I2N2.HI/c1-18-10-19(15(17)14(18)16)9-11-6-7-12-4-2-3-5-13(12)8-11;/h2-8,10H,9H2,1H3;1H/q+1;/p-1. The maximum atomic E-state index is 2.41. The largest absolute Gasteiger partial charge is 1.00 e. The Morgan fingerprint density at radius 3 is 2.40 bits per heavy atom. The van der Waals surface area contributed by atoms with Crippen molar-refractivity contribution >= 4 is 56.0 Å². The Balaban J connectivity index is 0.00000147. The number of hydrogen-bond donors (Lipinski definition) is 0. The predicted molar refractivity (Wildman–Crippen MR) is 94.1 cm³/mol. The zero-order chi connectivity index (χ0) is 13.4. The van der Waals surface area contributed by atoms with Crippen LogP contribution < -0.4 is 28.5 Å². The zero-order valence-electron chi connectivity index (χ0n) is 10.9. The quantitative estimate of drug-likeness (QED) is 0.303. The van der Waals surface area contributed by atoms with Gasteiger partial charge in [-0.1, -0.05) is 36.4 Å². The number of rotatable bonds is 2. The van der Waals surface area contributed by atoms with Gasteiger partial charge in [-0.3, -0.25) is 0 Å². The van der Waals surface area contributed by atoms with E-state index in [1.54, 1.807) is 0 Å². The van der Waals surface area contributed by atoms with Crippen molar-refractivity contribution in [2.75, 3.05) is 0 Å². The van der Waals surface area contributed by atoms with Crippen LogP contribution in [0, 0.1) is 7.40 Å². The van der Waals surface area contributed by atoms with Crippen molar-refractivity contribution in [2.24, 2.45) is 7.05 Å². The van der Waals surface area contributed by atoms with Crippen LogP contribution in [0.4, 0.5) is 0 Å². The third-order valence-corrected chi connectivity index (χ3v) is 6.65. The molecule has 0 aliphatic carbocycles. The van der Waals surface area contributed by atoms with Gasteiger partial charge in [-0.2, -0.15) is 0 Å². The number of benzene rings is 2. The molecular formula is C15H13I3N2. The van der Waals surface area contributed by atoms with Crippen LogP contribution in [-0.2, 0) is 13.6 Å². The lowest BCUT2D eigenvalue weighted by atomic mass is 10.1. The Labute approximate surface area is 162 Å². The number of aryl methyl sites for hydroxylation is 1. The number of halogens is 3. The monoisotopic (exact) mass is 602 g/mol. The van der Waals surface area contributed by atoms with E-state index < -0.39 is 0 Å². The molecule has 3 rings (SSSR count). The topological polar surface area (TPSA) is 8.81 Å². The van der Waals surface area contributed by atoms with Gasteiger partial charge < -0.3 is 24.0 Å². The van der Waals surface area contributed by atoms with Gasteiger partial charge >= 0.3 is 0 Å². The van der Waals surface area contributed by atoms with Crippen molar-refractivity contribution in [3.8, 4) is 0 Å². The molecule has 0 N–H and O–H groups in total. The van der Waals surface area contributed by atoms with Crippen LogP contribution >= 0.6 is 45.2 Å². The second kappa shape index (κ2) is 6.91. The highest BCUT2D eigenvalue weighted by atomic mass is 127. The van der Waals surface area contributed by atoms with Crippen LogP contribution in [0.3, 0.4) is 0 Å². The van der Waals surface area contributed by atoms with Crippen LogP contribution in [0.2, 0.25) is 0 Å². The molecule has 0 spiro atoms. The Hall–Kier alpha value is 0.100. The molecule has 0 fully saturated rings. The average Bonchev–Trinajstić information content (AvgIpc) is 2.66. The molecule has 0 amide bonds. The number of aromatic nitrogens is 2. The molecule has 0 unspecified atom stereocenters. The van der Waals surface area contributed by atoms with Crippen molar-refractivity contribution in [2.45, 2.75) is 6.54 Å². The first kappa shape index (κ1) is 16.5. The normalized spacial score (nSPS) is 10.6. The summed E-state index contributed by atoms with van der Waals surface area (Å²) in [6.45, 7) is 0.917. The van der Waals surface area contributed by atoms with Crippen molar-refractivity contribution in [1.82, 2.24) is 4.57 Å². The molecule has 104 valence electrons. The van der Waals surface area contributed by atoms with E-state index in [0.29, 0.717) is 0 Å². The minimum absolute atomic E-state index is 0. The molecular weight excluding hydrogens is 589 g/mol. The lowest BCUT2D eigenvalue weighted by Crippen LogP contribution is -3.00. The molecule has 0 aliphatic heterocycles. The fraction of sp³-hybridized carbons (Fsp3) is 0.133.